The highest BCUT2D eigenvalue weighted by Crippen LogP contribution is 2.25. The molecule has 0 saturated carbocycles. The number of carbonyl (C=O) groups excluding carboxylic acids is 2. The second kappa shape index (κ2) is 9.45. The Kier molecular flexibility index (Phi) is 6.28. The first kappa shape index (κ1) is 21.3. The lowest BCUT2D eigenvalue weighted by Gasteiger charge is -2.11. The lowest BCUT2D eigenvalue weighted by molar-refractivity contribution is 0.0956. The molecule has 4 aromatic carbocycles. The summed E-state index contributed by atoms with van der Waals surface area (Å²) in [6.07, 6.45) is 1.40. The summed E-state index contributed by atoms with van der Waals surface area (Å²) in [4.78, 5) is 25.4. The minimum atomic E-state index is -0.496. The van der Waals surface area contributed by atoms with E-state index in [1.807, 2.05) is 36.4 Å². The number of carbonyl (C=O) groups is 2. The zero-order valence-corrected chi connectivity index (χ0v) is 18.3. The smallest absolute Gasteiger partial charge is 0.273 e. The molecule has 0 radical (unpaired) electrons. The number of phenolic OH excluding ortho intramolecular Hbond substituents is 1. The Labute approximate surface area is 192 Å². The van der Waals surface area contributed by atoms with Crippen LogP contribution in [0.2, 0.25) is 0 Å². The quantitative estimate of drug-likeness (QED) is 0.262. The van der Waals surface area contributed by atoms with Crippen LogP contribution in [0.1, 0.15) is 26.3 Å². The number of para-hydroxylation sites is 1. The van der Waals surface area contributed by atoms with Crippen LogP contribution in [0, 0.1) is 0 Å². The van der Waals surface area contributed by atoms with E-state index in [4.69, 9.17) is 0 Å². The Morgan fingerprint density at radius 2 is 1.50 bits per heavy atom. The molecule has 0 unspecified atom stereocenters. The molecule has 4 rings (SSSR count). The van der Waals surface area contributed by atoms with Crippen molar-refractivity contribution in [2.45, 2.75) is 0 Å². The van der Waals surface area contributed by atoms with Crippen molar-refractivity contribution in [2.75, 3.05) is 5.32 Å². The molecule has 0 atom stereocenters. The molecular weight excluding hydrogens is 470 g/mol. The van der Waals surface area contributed by atoms with Gasteiger partial charge in [-0.15, -0.1) is 0 Å². The number of hydrogen-bond donors (Lipinski definition) is 3. The first-order chi connectivity index (χ1) is 15.5. The SMILES string of the molecule is O=C(Nc1ccccc1C(=O)N/N=C/c1c(O)ccc2ccccc12)c1ccccc1Br. The Bertz CT molecular complexity index is 1350. The number of halogens is 1. The van der Waals surface area contributed by atoms with Gasteiger partial charge in [-0.1, -0.05) is 54.6 Å². The second-order valence-electron chi connectivity index (χ2n) is 6.90. The van der Waals surface area contributed by atoms with Crippen LogP contribution in [0.3, 0.4) is 0 Å². The molecule has 0 aliphatic heterocycles. The van der Waals surface area contributed by atoms with Gasteiger partial charge in [-0.25, -0.2) is 5.43 Å². The number of nitrogens with zero attached hydrogens (tertiary/aromatic N) is 1. The molecule has 4 aromatic rings. The van der Waals surface area contributed by atoms with E-state index in [2.05, 4.69) is 31.8 Å². The van der Waals surface area contributed by atoms with Crippen LogP contribution >= 0.6 is 15.9 Å². The van der Waals surface area contributed by atoms with Crippen LogP contribution in [0.15, 0.2) is 94.5 Å². The van der Waals surface area contributed by atoms with E-state index in [-0.39, 0.29) is 17.2 Å². The van der Waals surface area contributed by atoms with Crippen molar-refractivity contribution in [3.8, 4) is 5.75 Å². The highest BCUT2D eigenvalue weighted by Gasteiger charge is 2.15. The lowest BCUT2D eigenvalue weighted by atomic mass is 10.0. The van der Waals surface area contributed by atoms with Gasteiger partial charge in [0, 0.05) is 10.0 Å². The van der Waals surface area contributed by atoms with Crippen LogP contribution in [0.4, 0.5) is 5.69 Å². The number of aromatic hydroxyl groups is 1. The molecule has 0 saturated heterocycles. The number of hydrazone groups is 1. The highest BCUT2D eigenvalue weighted by molar-refractivity contribution is 9.10. The molecule has 158 valence electrons. The summed E-state index contributed by atoms with van der Waals surface area (Å²) in [6.45, 7) is 0. The minimum Gasteiger partial charge on any atom is -0.507 e. The largest absolute Gasteiger partial charge is 0.507 e. The lowest BCUT2D eigenvalue weighted by Crippen LogP contribution is -2.21. The van der Waals surface area contributed by atoms with Crippen molar-refractivity contribution in [3.63, 3.8) is 0 Å². The van der Waals surface area contributed by atoms with Crippen molar-refractivity contribution in [3.05, 3.63) is 106 Å². The van der Waals surface area contributed by atoms with E-state index >= 15 is 0 Å². The average Bonchev–Trinajstić information content (AvgIpc) is 2.81. The van der Waals surface area contributed by atoms with Crippen molar-refractivity contribution in [1.82, 2.24) is 5.43 Å². The van der Waals surface area contributed by atoms with Gasteiger partial charge in [0.25, 0.3) is 11.8 Å². The van der Waals surface area contributed by atoms with Crippen molar-refractivity contribution < 1.29 is 14.7 Å². The number of fused-ring (bicyclic) bond motifs is 1. The van der Waals surface area contributed by atoms with Crippen molar-refractivity contribution >= 4 is 50.4 Å². The number of nitrogens with one attached hydrogen (secondary N) is 2. The predicted molar refractivity (Wildman–Crippen MR) is 129 cm³/mol. The zero-order valence-electron chi connectivity index (χ0n) is 16.7. The second-order valence-corrected chi connectivity index (χ2v) is 7.75. The normalized spacial score (nSPS) is 10.9. The fourth-order valence-electron chi connectivity index (χ4n) is 3.26. The predicted octanol–water partition coefficient (Wildman–Crippen LogP) is 5.32. The van der Waals surface area contributed by atoms with E-state index in [1.54, 1.807) is 48.5 Å². The van der Waals surface area contributed by atoms with Gasteiger partial charge in [-0.2, -0.15) is 5.10 Å². The molecule has 0 heterocycles. The molecule has 0 spiro atoms. The number of hydrogen-bond acceptors (Lipinski definition) is 4. The Hall–Kier alpha value is -3.97. The third kappa shape index (κ3) is 4.53. The van der Waals surface area contributed by atoms with E-state index in [0.717, 1.165) is 10.8 Å². The fourth-order valence-corrected chi connectivity index (χ4v) is 3.73. The Balaban J connectivity index is 1.54. The molecule has 0 fully saturated rings. The van der Waals surface area contributed by atoms with Gasteiger partial charge < -0.3 is 10.4 Å². The first-order valence-corrected chi connectivity index (χ1v) is 10.5. The van der Waals surface area contributed by atoms with E-state index in [9.17, 15) is 14.7 Å². The third-order valence-corrected chi connectivity index (χ3v) is 5.54. The number of benzene rings is 4. The Morgan fingerprint density at radius 3 is 2.31 bits per heavy atom. The average molecular weight is 488 g/mol. The van der Waals surface area contributed by atoms with Gasteiger partial charge in [0.05, 0.1) is 23.0 Å². The van der Waals surface area contributed by atoms with Crippen LogP contribution in [0.25, 0.3) is 10.8 Å². The van der Waals surface area contributed by atoms with Gasteiger partial charge in [-0.05, 0) is 57.0 Å². The maximum Gasteiger partial charge on any atom is 0.273 e. The summed E-state index contributed by atoms with van der Waals surface area (Å²) in [5.41, 5.74) is 4.03. The molecule has 7 heteroatoms. The molecular formula is C25H18BrN3O3. The number of amides is 2. The molecule has 0 bridgehead atoms. The van der Waals surface area contributed by atoms with Gasteiger partial charge in [-0.3, -0.25) is 9.59 Å². The number of anilines is 1. The van der Waals surface area contributed by atoms with E-state index in [0.29, 0.717) is 21.3 Å². The molecule has 0 aromatic heterocycles. The highest BCUT2D eigenvalue weighted by atomic mass is 79.9. The van der Waals surface area contributed by atoms with Crippen LogP contribution in [0.5, 0.6) is 5.75 Å². The molecule has 6 nitrogen and oxygen atoms in total. The van der Waals surface area contributed by atoms with Crippen molar-refractivity contribution in [1.29, 1.82) is 0 Å². The van der Waals surface area contributed by atoms with Gasteiger partial charge in [0.1, 0.15) is 5.75 Å². The van der Waals surface area contributed by atoms with Crippen LogP contribution < -0.4 is 10.7 Å². The van der Waals surface area contributed by atoms with Gasteiger partial charge in [0.2, 0.25) is 0 Å². The van der Waals surface area contributed by atoms with Gasteiger partial charge >= 0.3 is 0 Å². The van der Waals surface area contributed by atoms with E-state index < -0.39 is 5.91 Å². The Morgan fingerprint density at radius 1 is 0.812 bits per heavy atom. The summed E-state index contributed by atoms with van der Waals surface area (Å²) >= 11 is 3.36. The summed E-state index contributed by atoms with van der Waals surface area (Å²) < 4.78 is 0.652. The molecule has 0 aliphatic rings. The number of phenols is 1. The summed E-state index contributed by atoms with van der Waals surface area (Å²) in [6, 6.07) is 24.6. The topological polar surface area (TPSA) is 90.8 Å². The maximum absolute atomic E-state index is 12.7. The molecule has 0 aliphatic carbocycles. The van der Waals surface area contributed by atoms with E-state index in [1.165, 1.54) is 6.21 Å². The van der Waals surface area contributed by atoms with Gasteiger partial charge in [0.15, 0.2) is 0 Å². The van der Waals surface area contributed by atoms with Crippen LogP contribution in [-0.4, -0.2) is 23.1 Å². The molecule has 2 amide bonds. The monoisotopic (exact) mass is 487 g/mol. The zero-order chi connectivity index (χ0) is 22.5. The van der Waals surface area contributed by atoms with Crippen LogP contribution in [-0.2, 0) is 0 Å². The summed E-state index contributed by atoms with van der Waals surface area (Å²) in [5, 5.41) is 18.7. The number of rotatable bonds is 5. The maximum atomic E-state index is 12.7. The molecule has 32 heavy (non-hydrogen) atoms. The summed E-state index contributed by atoms with van der Waals surface area (Å²) in [5.74, 6) is -0.784. The standard InChI is InChI=1S/C25H18BrN3O3/c26-21-11-5-3-9-18(21)24(31)28-22-12-6-4-10-19(22)25(32)29-27-15-20-17-8-2-1-7-16(17)13-14-23(20)30/h1-15,30H,(H,28,31)(H,29,32)/b27-15+. The third-order valence-electron chi connectivity index (χ3n) is 4.85. The summed E-state index contributed by atoms with van der Waals surface area (Å²) in [7, 11) is 0. The minimum absolute atomic E-state index is 0.0581. The first-order valence-electron chi connectivity index (χ1n) is 9.73. The van der Waals surface area contributed by atoms with Crippen molar-refractivity contribution in [2.24, 2.45) is 5.10 Å². The fraction of sp³-hybridized carbons (Fsp3) is 0. The molecule has 3 N–H and O–H groups in total.